The first-order chi connectivity index (χ1) is 9.44. The van der Waals surface area contributed by atoms with Crippen LogP contribution in [0.1, 0.15) is 31.1 Å². The molecule has 1 amide bonds. The molecule has 1 aromatic rings. The van der Waals surface area contributed by atoms with Gasteiger partial charge in [0.2, 0.25) is 5.75 Å². The van der Waals surface area contributed by atoms with E-state index in [4.69, 9.17) is 14.2 Å². The Hall–Kier alpha value is -1.91. The fourth-order valence-corrected chi connectivity index (χ4v) is 1.67. The normalized spacial score (nSPS) is 11.9. The smallest absolute Gasteiger partial charge is 0.251 e. The van der Waals surface area contributed by atoms with Crippen molar-refractivity contribution < 1.29 is 19.0 Å². The molecule has 0 aliphatic rings. The second-order valence-electron chi connectivity index (χ2n) is 4.92. The van der Waals surface area contributed by atoms with E-state index in [1.807, 2.05) is 6.92 Å². The Labute approximate surface area is 120 Å². The first kappa shape index (κ1) is 16.1. The van der Waals surface area contributed by atoms with Crippen molar-refractivity contribution in [3.8, 4) is 17.2 Å². The van der Waals surface area contributed by atoms with Crippen LogP contribution < -0.4 is 19.5 Å². The van der Waals surface area contributed by atoms with Crippen LogP contribution in [-0.2, 0) is 0 Å². The zero-order valence-corrected chi connectivity index (χ0v) is 12.9. The Kier molecular flexibility index (Phi) is 5.67. The second kappa shape index (κ2) is 7.03. The van der Waals surface area contributed by atoms with E-state index in [0.29, 0.717) is 28.7 Å². The largest absolute Gasteiger partial charge is 0.493 e. The predicted molar refractivity (Wildman–Crippen MR) is 77.9 cm³/mol. The molecule has 1 rings (SSSR count). The Morgan fingerprint density at radius 3 is 1.85 bits per heavy atom. The van der Waals surface area contributed by atoms with E-state index in [-0.39, 0.29) is 11.9 Å². The lowest BCUT2D eigenvalue weighted by atomic mass is 10.1. The molecule has 0 heterocycles. The molecule has 1 N–H and O–H groups in total. The van der Waals surface area contributed by atoms with Gasteiger partial charge >= 0.3 is 0 Å². The molecule has 0 aromatic heterocycles. The third kappa shape index (κ3) is 3.56. The predicted octanol–water partition coefficient (Wildman–Crippen LogP) is 2.49. The lowest BCUT2D eigenvalue weighted by Gasteiger charge is -2.18. The summed E-state index contributed by atoms with van der Waals surface area (Å²) in [5.41, 5.74) is 0.479. The van der Waals surface area contributed by atoms with Gasteiger partial charge in [-0.05, 0) is 25.0 Å². The zero-order chi connectivity index (χ0) is 15.3. The molecule has 112 valence electrons. The van der Waals surface area contributed by atoms with Crippen molar-refractivity contribution in [3.05, 3.63) is 17.7 Å². The van der Waals surface area contributed by atoms with Gasteiger partial charge in [0.05, 0.1) is 21.3 Å². The van der Waals surface area contributed by atoms with Gasteiger partial charge in [0.1, 0.15) is 0 Å². The van der Waals surface area contributed by atoms with Crippen molar-refractivity contribution >= 4 is 5.91 Å². The maximum atomic E-state index is 12.2. The van der Waals surface area contributed by atoms with Gasteiger partial charge in [-0.25, -0.2) is 0 Å². The van der Waals surface area contributed by atoms with Crippen LogP contribution >= 0.6 is 0 Å². The average Bonchev–Trinajstić information content (AvgIpc) is 2.45. The molecule has 0 aliphatic carbocycles. The highest BCUT2D eigenvalue weighted by Gasteiger charge is 2.18. The van der Waals surface area contributed by atoms with Gasteiger partial charge in [0, 0.05) is 11.6 Å². The molecule has 5 nitrogen and oxygen atoms in total. The van der Waals surface area contributed by atoms with Gasteiger partial charge in [-0.15, -0.1) is 0 Å². The van der Waals surface area contributed by atoms with E-state index >= 15 is 0 Å². The molecule has 0 fully saturated rings. The van der Waals surface area contributed by atoms with Crippen LogP contribution in [0.2, 0.25) is 0 Å². The van der Waals surface area contributed by atoms with Crippen LogP contribution in [0.3, 0.4) is 0 Å². The van der Waals surface area contributed by atoms with Gasteiger partial charge in [-0.3, -0.25) is 4.79 Å². The topological polar surface area (TPSA) is 56.8 Å². The maximum absolute atomic E-state index is 12.2. The summed E-state index contributed by atoms with van der Waals surface area (Å²) >= 11 is 0. The van der Waals surface area contributed by atoms with E-state index in [2.05, 4.69) is 19.2 Å². The highest BCUT2D eigenvalue weighted by atomic mass is 16.5. The van der Waals surface area contributed by atoms with E-state index in [1.54, 1.807) is 12.1 Å². The molecule has 0 bridgehead atoms. The Morgan fingerprint density at radius 2 is 1.50 bits per heavy atom. The molecule has 0 spiro atoms. The van der Waals surface area contributed by atoms with Crippen molar-refractivity contribution in [2.75, 3.05) is 21.3 Å². The number of carbonyl (C=O) groups excluding carboxylic acids is 1. The zero-order valence-electron chi connectivity index (χ0n) is 12.9. The van der Waals surface area contributed by atoms with Gasteiger partial charge < -0.3 is 19.5 Å². The number of nitrogens with one attached hydrogen (secondary N) is 1. The molecule has 0 unspecified atom stereocenters. The summed E-state index contributed by atoms with van der Waals surface area (Å²) in [4.78, 5) is 12.2. The lowest BCUT2D eigenvalue weighted by molar-refractivity contribution is 0.0929. The summed E-state index contributed by atoms with van der Waals surface area (Å²) in [5, 5.41) is 2.94. The highest BCUT2D eigenvalue weighted by molar-refractivity contribution is 5.95. The molecule has 5 heteroatoms. The van der Waals surface area contributed by atoms with Gasteiger partial charge in [0.25, 0.3) is 5.91 Å². The SMILES string of the molecule is COc1cc(C(=O)N[C@@H](C)C(C)C)cc(OC)c1OC. The van der Waals surface area contributed by atoms with E-state index in [0.717, 1.165) is 0 Å². The van der Waals surface area contributed by atoms with Crippen LogP contribution in [0.5, 0.6) is 17.2 Å². The van der Waals surface area contributed by atoms with Gasteiger partial charge in [0.15, 0.2) is 11.5 Å². The average molecular weight is 281 g/mol. The van der Waals surface area contributed by atoms with Crippen LogP contribution in [0.15, 0.2) is 12.1 Å². The minimum Gasteiger partial charge on any atom is -0.493 e. The lowest BCUT2D eigenvalue weighted by Crippen LogP contribution is -2.36. The van der Waals surface area contributed by atoms with Crippen molar-refractivity contribution in [2.45, 2.75) is 26.8 Å². The number of hydrogen-bond acceptors (Lipinski definition) is 4. The summed E-state index contributed by atoms with van der Waals surface area (Å²) in [6.07, 6.45) is 0. The van der Waals surface area contributed by atoms with E-state index in [1.165, 1.54) is 21.3 Å². The fraction of sp³-hybridized carbons (Fsp3) is 0.533. The van der Waals surface area contributed by atoms with Crippen molar-refractivity contribution in [2.24, 2.45) is 5.92 Å². The quantitative estimate of drug-likeness (QED) is 0.870. The number of carbonyl (C=O) groups is 1. The van der Waals surface area contributed by atoms with Gasteiger partial charge in [-0.1, -0.05) is 13.8 Å². The maximum Gasteiger partial charge on any atom is 0.251 e. The second-order valence-corrected chi connectivity index (χ2v) is 4.92. The van der Waals surface area contributed by atoms with Crippen LogP contribution in [0, 0.1) is 5.92 Å². The number of methoxy groups -OCH3 is 3. The Morgan fingerprint density at radius 1 is 1.00 bits per heavy atom. The Balaban J connectivity index is 3.09. The Bertz CT molecular complexity index is 446. The minimum atomic E-state index is -0.162. The monoisotopic (exact) mass is 281 g/mol. The first-order valence-corrected chi connectivity index (χ1v) is 6.55. The molecule has 0 saturated carbocycles. The summed E-state index contributed by atoms with van der Waals surface area (Å²) < 4.78 is 15.7. The molecule has 0 radical (unpaired) electrons. The minimum absolute atomic E-state index is 0.0848. The number of rotatable bonds is 6. The van der Waals surface area contributed by atoms with Crippen LogP contribution in [0.25, 0.3) is 0 Å². The van der Waals surface area contributed by atoms with Crippen molar-refractivity contribution in [1.82, 2.24) is 5.32 Å². The van der Waals surface area contributed by atoms with Crippen molar-refractivity contribution in [1.29, 1.82) is 0 Å². The van der Waals surface area contributed by atoms with Crippen LogP contribution in [0.4, 0.5) is 0 Å². The summed E-state index contributed by atoms with van der Waals surface area (Å²) in [7, 11) is 4.58. The van der Waals surface area contributed by atoms with Gasteiger partial charge in [-0.2, -0.15) is 0 Å². The molecule has 1 aromatic carbocycles. The fourth-order valence-electron chi connectivity index (χ4n) is 1.67. The summed E-state index contributed by atoms with van der Waals surface area (Å²) in [6.45, 7) is 6.08. The molecule has 0 aliphatic heterocycles. The van der Waals surface area contributed by atoms with Crippen molar-refractivity contribution in [3.63, 3.8) is 0 Å². The van der Waals surface area contributed by atoms with Crippen LogP contribution in [-0.4, -0.2) is 33.3 Å². The first-order valence-electron chi connectivity index (χ1n) is 6.55. The molecule has 1 atom stereocenters. The number of ether oxygens (including phenoxy) is 3. The summed E-state index contributed by atoms with van der Waals surface area (Å²) in [5.74, 6) is 1.61. The van der Waals surface area contributed by atoms with E-state index in [9.17, 15) is 4.79 Å². The third-order valence-corrected chi connectivity index (χ3v) is 3.29. The van der Waals surface area contributed by atoms with E-state index < -0.39 is 0 Å². The third-order valence-electron chi connectivity index (χ3n) is 3.29. The molecular formula is C15H23NO4. The highest BCUT2D eigenvalue weighted by Crippen LogP contribution is 2.38. The molecular weight excluding hydrogens is 258 g/mol. The standard InChI is InChI=1S/C15H23NO4/c1-9(2)10(3)16-15(17)11-7-12(18-4)14(20-6)13(8-11)19-5/h7-10H,1-6H3,(H,16,17)/t10-/m0/s1. The number of benzene rings is 1. The number of hydrogen-bond donors (Lipinski definition) is 1. The molecule has 20 heavy (non-hydrogen) atoms. The molecule has 0 saturated heterocycles. The number of amides is 1. The summed E-state index contributed by atoms with van der Waals surface area (Å²) in [6, 6.07) is 3.37.